The predicted octanol–water partition coefficient (Wildman–Crippen LogP) is 4.47. The number of aryl methyl sites for hydroxylation is 2. The number of hydrogen-bond acceptors (Lipinski definition) is 5. The minimum Gasteiger partial charge on any atom is -0.351 e. The molecule has 1 aliphatic rings. The Morgan fingerprint density at radius 1 is 1.27 bits per heavy atom. The van der Waals surface area contributed by atoms with Gasteiger partial charge >= 0.3 is 0 Å². The fourth-order valence-electron chi connectivity index (χ4n) is 3.71. The number of carbonyl (C=O) groups excluding carboxylic acids is 1. The number of thioether (sulfide) groups is 1. The first-order chi connectivity index (χ1) is 14.2. The van der Waals surface area contributed by atoms with E-state index in [1.807, 2.05) is 20.8 Å². The lowest BCUT2D eigenvalue weighted by Gasteiger charge is -2.20. The molecule has 0 saturated carbocycles. The normalized spacial score (nSPS) is 14.0. The van der Waals surface area contributed by atoms with Crippen LogP contribution in [0.15, 0.2) is 34.2 Å². The van der Waals surface area contributed by atoms with E-state index >= 15 is 0 Å². The molecule has 8 heteroatoms. The molecule has 5 nitrogen and oxygen atoms in total. The Labute approximate surface area is 182 Å². The number of carbonyl (C=O) groups is 1. The third kappa shape index (κ3) is 4.16. The van der Waals surface area contributed by atoms with E-state index in [9.17, 15) is 14.0 Å². The summed E-state index contributed by atoms with van der Waals surface area (Å²) in [6.45, 7) is 5.72. The Hall–Kier alpha value is -2.19. The van der Waals surface area contributed by atoms with Gasteiger partial charge in [-0.25, -0.2) is 9.37 Å². The van der Waals surface area contributed by atoms with Crippen LogP contribution >= 0.6 is 23.1 Å². The number of thiophene rings is 1. The highest BCUT2D eigenvalue weighted by Crippen LogP contribution is 2.35. The molecule has 0 aliphatic heterocycles. The van der Waals surface area contributed by atoms with Crippen LogP contribution in [0.1, 0.15) is 44.1 Å². The van der Waals surface area contributed by atoms with Crippen LogP contribution in [0.3, 0.4) is 0 Å². The Kier molecular flexibility index (Phi) is 5.72. The van der Waals surface area contributed by atoms with Gasteiger partial charge in [-0.1, -0.05) is 23.9 Å². The Morgan fingerprint density at radius 2 is 2.00 bits per heavy atom. The lowest BCUT2D eigenvalue weighted by molar-refractivity contribution is -0.119. The van der Waals surface area contributed by atoms with Gasteiger partial charge in [-0.2, -0.15) is 0 Å². The monoisotopic (exact) mass is 445 g/mol. The van der Waals surface area contributed by atoms with Crippen molar-refractivity contribution in [2.75, 3.05) is 5.75 Å². The zero-order valence-corrected chi connectivity index (χ0v) is 18.9. The van der Waals surface area contributed by atoms with Crippen LogP contribution in [0, 0.1) is 5.82 Å². The van der Waals surface area contributed by atoms with Crippen LogP contribution in [0.4, 0.5) is 4.39 Å². The van der Waals surface area contributed by atoms with Crippen molar-refractivity contribution in [2.45, 2.75) is 57.1 Å². The number of rotatable bonds is 4. The first-order valence-corrected chi connectivity index (χ1v) is 11.8. The summed E-state index contributed by atoms with van der Waals surface area (Å²) < 4.78 is 16.0. The molecule has 2 aromatic heterocycles. The molecule has 0 bridgehead atoms. The van der Waals surface area contributed by atoms with Crippen molar-refractivity contribution in [3.05, 3.63) is 50.9 Å². The average Bonchev–Trinajstić information content (AvgIpc) is 3.04. The molecule has 1 aromatic carbocycles. The van der Waals surface area contributed by atoms with Gasteiger partial charge in [0.05, 0.1) is 16.8 Å². The summed E-state index contributed by atoms with van der Waals surface area (Å²) in [5, 5.41) is 3.84. The topological polar surface area (TPSA) is 64.0 Å². The fourth-order valence-corrected chi connectivity index (χ4v) is 5.82. The Morgan fingerprint density at radius 3 is 2.73 bits per heavy atom. The highest BCUT2D eigenvalue weighted by atomic mass is 32.2. The van der Waals surface area contributed by atoms with Gasteiger partial charge in [0, 0.05) is 10.4 Å². The summed E-state index contributed by atoms with van der Waals surface area (Å²) in [6, 6.07) is 6.18. The molecule has 158 valence electrons. The molecule has 0 radical (unpaired) electrons. The molecule has 4 rings (SSSR count). The molecular formula is C22H24FN3O2S2. The number of amides is 1. The molecule has 0 unspecified atom stereocenters. The summed E-state index contributed by atoms with van der Waals surface area (Å²) >= 11 is 2.70. The third-order valence-corrected chi connectivity index (χ3v) is 7.02. The Bertz CT molecular complexity index is 1180. The van der Waals surface area contributed by atoms with Crippen molar-refractivity contribution in [1.29, 1.82) is 0 Å². The number of nitrogens with one attached hydrogen (secondary N) is 1. The van der Waals surface area contributed by atoms with Crippen LogP contribution < -0.4 is 10.9 Å². The quantitative estimate of drug-likeness (QED) is 0.475. The maximum Gasteiger partial charge on any atom is 0.267 e. The van der Waals surface area contributed by atoms with Crippen molar-refractivity contribution in [1.82, 2.24) is 14.9 Å². The zero-order valence-electron chi connectivity index (χ0n) is 17.3. The van der Waals surface area contributed by atoms with Crippen LogP contribution in [0.5, 0.6) is 0 Å². The minimum atomic E-state index is -0.495. The smallest absolute Gasteiger partial charge is 0.267 e. The second kappa shape index (κ2) is 8.15. The number of para-hydroxylation sites is 1. The van der Waals surface area contributed by atoms with E-state index in [0.717, 1.165) is 43.0 Å². The largest absolute Gasteiger partial charge is 0.351 e. The van der Waals surface area contributed by atoms with E-state index in [1.165, 1.54) is 15.5 Å². The second-order valence-corrected chi connectivity index (χ2v) is 10.5. The predicted molar refractivity (Wildman–Crippen MR) is 120 cm³/mol. The summed E-state index contributed by atoms with van der Waals surface area (Å²) in [5.41, 5.74) is 0.605. The SMILES string of the molecule is CC(C)(C)NC(=O)CSc1nc2sc3c(c2c(=O)n1-c1ccccc1F)CCCC3. The highest BCUT2D eigenvalue weighted by Gasteiger charge is 2.24. The van der Waals surface area contributed by atoms with Crippen LogP contribution in [0.2, 0.25) is 0 Å². The van der Waals surface area contributed by atoms with Gasteiger partial charge in [-0.15, -0.1) is 11.3 Å². The fraction of sp³-hybridized carbons (Fsp3) is 0.409. The molecule has 0 fully saturated rings. The first-order valence-electron chi connectivity index (χ1n) is 10.0. The van der Waals surface area contributed by atoms with Crippen molar-refractivity contribution < 1.29 is 9.18 Å². The Balaban J connectivity index is 1.84. The van der Waals surface area contributed by atoms with E-state index in [-0.39, 0.29) is 28.4 Å². The molecule has 0 spiro atoms. The van der Waals surface area contributed by atoms with Crippen molar-refractivity contribution >= 4 is 39.2 Å². The van der Waals surface area contributed by atoms with Crippen LogP contribution in [-0.2, 0) is 17.6 Å². The number of aromatic nitrogens is 2. The van der Waals surface area contributed by atoms with E-state index in [4.69, 9.17) is 4.98 Å². The molecule has 0 saturated heterocycles. The van der Waals surface area contributed by atoms with Gasteiger partial charge in [0.2, 0.25) is 5.91 Å². The second-order valence-electron chi connectivity index (χ2n) is 8.46. The van der Waals surface area contributed by atoms with Crippen LogP contribution in [0.25, 0.3) is 15.9 Å². The van der Waals surface area contributed by atoms with Gasteiger partial charge in [0.15, 0.2) is 5.16 Å². The highest BCUT2D eigenvalue weighted by molar-refractivity contribution is 7.99. The number of fused-ring (bicyclic) bond motifs is 3. The lowest BCUT2D eigenvalue weighted by Crippen LogP contribution is -2.41. The van der Waals surface area contributed by atoms with Gasteiger partial charge < -0.3 is 5.32 Å². The third-order valence-electron chi connectivity index (χ3n) is 4.90. The number of hydrogen-bond donors (Lipinski definition) is 1. The van der Waals surface area contributed by atoms with Gasteiger partial charge in [0.1, 0.15) is 10.6 Å². The average molecular weight is 446 g/mol. The molecule has 3 aromatic rings. The molecular weight excluding hydrogens is 421 g/mol. The van der Waals surface area contributed by atoms with Gasteiger partial charge in [0.25, 0.3) is 5.56 Å². The zero-order chi connectivity index (χ0) is 21.5. The maximum absolute atomic E-state index is 14.6. The minimum absolute atomic E-state index is 0.0920. The summed E-state index contributed by atoms with van der Waals surface area (Å²) in [7, 11) is 0. The summed E-state index contributed by atoms with van der Waals surface area (Å²) in [6.07, 6.45) is 3.95. The first kappa shape index (κ1) is 21.1. The van der Waals surface area contributed by atoms with E-state index in [1.54, 1.807) is 29.5 Å². The van der Waals surface area contributed by atoms with Crippen molar-refractivity contribution in [3.8, 4) is 5.69 Å². The van der Waals surface area contributed by atoms with E-state index < -0.39 is 5.82 Å². The number of halogens is 1. The van der Waals surface area contributed by atoms with Gasteiger partial charge in [-0.05, 0) is 64.2 Å². The molecule has 2 heterocycles. The number of nitrogens with zero attached hydrogens (tertiary/aromatic N) is 2. The molecule has 30 heavy (non-hydrogen) atoms. The summed E-state index contributed by atoms with van der Waals surface area (Å²) in [5.74, 6) is -0.562. The van der Waals surface area contributed by atoms with Crippen molar-refractivity contribution in [2.24, 2.45) is 0 Å². The molecule has 1 aliphatic carbocycles. The van der Waals surface area contributed by atoms with E-state index in [2.05, 4.69) is 5.32 Å². The van der Waals surface area contributed by atoms with Crippen LogP contribution in [-0.4, -0.2) is 26.8 Å². The van der Waals surface area contributed by atoms with Gasteiger partial charge in [-0.3, -0.25) is 14.2 Å². The molecule has 1 N–H and O–H groups in total. The van der Waals surface area contributed by atoms with E-state index in [0.29, 0.717) is 15.4 Å². The number of benzene rings is 1. The molecule has 1 amide bonds. The maximum atomic E-state index is 14.6. The standard InChI is InChI=1S/C22H24FN3O2S2/c1-22(2,3)25-17(27)12-29-21-24-19-18(13-8-4-7-11-16(13)30-19)20(28)26(21)15-10-6-5-9-14(15)23/h5-6,9-10H,4,7-8,11-12H2,1-3H3,(H,25,27). The summed E-state index contributed by atoms with van der Waals surface area (Å²) in [4.78, 5) is 32.5. The lowest BCUT2D eigenvalue weighted by atomic mass is 9.97. The van der Waals surface area contributed by atoms with Crippen molar-refractivity contribution in [3.63, 3.8) is 0 Å². The molecule has 0 atom stereocenters.